The van der Waals surface area contributed by atoms with Crippen LogP contribution in [0.4, 0.5) is 13.2 Å². The van der Waals surface area contributed by atoms with Crippen molar-refractivity contribution in [3.63, 3.8) is 0 Å². The van der Waals surface area contributed by atoms with Crippen molar-refractivity contribution in [1.29, 1.82) is 0 Å². The average Bonchev–Trinajstić information content (AvgIpc) is 2.86. The predicted molar refractivity (Wildman–Crippen MR) is 85.0 cm³/mol. The fourth-order valence-corrected chi connectivity index (χ4v) is 3.07. The molecule has 2 amide bonds. The molecule has 1 aliphatic heterocycles. The number of hydrogen-bond acceptors (Lipinski definition) is 3. The number of halogens is 3. The lowest BCUT2D eigenvalue weighted by Gasteiger charge is -2.28. The Hall–Kier alpha value is -2.58. The number of carboxylic acids is 1. The molecule has 142 valence electrons. The Morgan fingerprint density at radius 1 is 1.27 bits per heavy atom. The van der Waals surface area contributed by atoms with Crippen LogP contribution in [0.3, 0.4) is 0 Å². The number of carbonyl (C=O) groups excluding carboxylic acids is 2. The Morgan fingerprint density at radius 2 is 1.85 bits per heavy atom. The second-order valence-electron chi connectivity index (χ2n) is 6.28. The zero-order chi connectivity index (χ0) is 19.6. The van der Waals surface area contributed by atoms with Crippen molar-refractivity contribution in [2.75, 3.05) is 20.6 Å². The van der Waals surface area contributed by atoms with Gasteiger partial charge in [0.05, 0.1) is 23.9 Å². The Kier molecular flexibility index (Phi) is 5.58. The Bertz CT molecular complexity index is 703. The van der Waals surface area contributed by atoms with E-state index in [9.17, 15) is 27.6 Å². The molecule has 0 aromatic heterocycles. The van der Waals surface area contributed by atoms with E-state index >= 15 is 0 Å². The minimum Gasteiger partial charge on any atom is -0.481 e. The fraction of sp³-hybridized carbons (Fsp3) is 0.471. The van der Waals surface area contributed by atoms with Gasteiger partial charge in [0.25, 0.3) is 0 Å². The maximum Gasteiger partial charge on any atom is 0.416 e. The summed E-state index contributed by atoms with van der Waals surface area (Å²) in [7, 11) is 2.94. The van der Waals surface area contributed by atoms with Crippen LogP contribution < -0.4 is 0 Å². The second-order valence-corrected chi connectivity index (χ2v) is 6.28. The number of carbonyl (C=O) groups is 3. The molecular weight excluding hydrogens is 353 g/mol. The van der Waals surface area contributed by atoms with E-state index in [0.717, 1.165) is 12.1 Å². The zero-order valence-electron chi connectivity index (χ0n) is 14.3. The molecule has 2 unspecified atom stereocenters. The molecule has 2 atom stereocenters. The Labute approximate surface area is 148 Å². The minimum atomic E-state index is -4.47. The van der Waals surface area contributed by atoms with Crippen molar-refractivity contribution < 1.29 is 32.7 Å². The van der Waals surface area contributed by atoms with Gasteiger partial charge in [-0.3, -0.25) is 14.4 Å². The summed E-state index contributed by atoms with van der Waals surface area (Å²) < 4.78 is 38.2. The van der Waals surface area contributed by atoms with Crippen LogP contribution in [-0.2, 0) is 20.6 Å². The summed E-state index contributed by atoms with van der Waals surface area (Å²) in [6.45, 7) is -0.0116. The average molecular weight is 372 g/mol. The standard InChI is InChI=1S/C17H19F3N2O4/c1-21(8-7-14(24)25)16(26)12-9-13(23)22(2)15(12)10-3-5-11(6-4-10)17(18,19)20/h3-6,12,15H,7-9H2,1-2H3,(H,24,25). The number of benzene rings is 1. The third-order valence-corrected chi connectivity index (χ3v) is 4.52. The lowest BCUT2D eigenvalue weighted by molar-refractivity contribution is -0.140. The zero-order valence-corrected chi connectivity index (χ0v) is 14.3. The molecule has 1 heterocycles. The monoisotopic (exact) mass is 372 g/mol. The summed E-state index contributed by atoms with van der Waals surface area (Å²) in [6.07, 6.45) is -4.77. The van der Waals surface area contributed by atoms with Gasteiger partial charge in [0.15, 0.2) is 0 Å². The molecule has 1 fully saturated rings. The first-order valence-electron chi connectivity index (χ1n) is 7.92. The molecule has 1 aliphatic rings. The molecule has 9 heteroatoms. The van der Waals surface area contributed by atoms with Crippen molar-refractivity contribution >= 4 is 17.8 Å². The molecule has 0 aliphatic carbocycles. The highest BCUT2D eigenvalue weighted by molar-refractivity contribution is 5.90. The summed E-state index contributed by atoms with van der Waals surface area (Å²) in [6, 6.07) is 3.67. The van der Waals surface area contributed by atoms with Gasteiger partial charge in [0, 0.05) is 27.1 Å². The highest BCUT2D eigenvalue weighted by atomic mass is 19.4. The molecule has 1 saturated heterocycles. The number of carboxylic acid groups (broad SMARTS) is 1. The largest absolute Gasteiger partial charge is 0.481 e. The van der Waals surface area contributed by atoms with Gasteiger partial charge in [-0.15, -0.1) is 0 Å². The van der Waals surface area contributed by atoms with Crippen LogP contribution in [0.2, 0.25) is 0 Å². The maximum absolute atomic E-state index is 12.7. The van der Waals surface area contributed by atoms with Gasteiger partial charge in [-0.05, 0) is 17.7 Å². The number of aliphatic carboxylic acids is 1. The van der Waals surface area contributed by atoms with Gasteiger partial charge in [-0.2, -0.15) is 13.2 Å². The van der Waals surface area contributed by atoms with Gasteiger partial charge in [-0.25, -0.2) is 0 Å². The third kappa shape index (κ3) is 4.14. The normalized spacial score (nSPS) is 20.3. The summed E-state index contributed by atoms with van der Waals surface area (Å²) in [5.41, 5.74) is -0.383. The number of amides is 2. The van der Waals surface area contributed by atoms with Gasteiger partial charge >= 0.3 is 12.1 Å². The number of hydrogen-bond donors (Lipinski definition) is 1. The number of nitrogens with zero attached hydrogens (tertiary/aromatic N) is 2. The smallest absolute Gasteiger partial charge is 0.416 e. The molecule has 0 bridgehead atoms. The van der Waals surface area contributed by atoms with E-state index in [-0.39, 0.29) is 25.3 Å². The quantitative estimate of drug-likeness (QED) is 0.859. The van der Waals surface area contributed by atoms with Crippen LogP contribution in [0.1, 0.15) is 30.0 Å². The highest BCUT2D eigenvalue weighted by Crippen LogP contribution is 2.39. The molecule has 0 radical (unpaired) electrons. The fourth-order valence-electron chi connectivity index (χ4n) is 3.07. The van der Waals surface area contributed by atoms with E-state index < -0.39 is 35.6 Å². The van der Waals surface area contributed by atoms with E-state index in [1.165, 1.54) is 36.0 Å². The van der Waals surface area contributed by atoms with E-state index in [2.05, 4.69) is 0 Å². The lowest BCUT2D eigenvalue weighted by atomic mass is 9.92. The van der Waals surface area contributed by atoms with Crippen molar-refractivity contribution in [2.24, 2.45) is 5.92 Å². The molecule has 0 spiro atoms. The summed E-state index contributed by atoms with van der Waals surface area (Å²) in [4.78, 5) is 37.9. The minimum absolute atomic E-state index is 0.0116. The van der Waals surface area contributed by atoms with Crippen LogP contribution in [-0.4, -0.2) is 53.3 Å². The predicted octanol–water partition coefficient (Wildman–Crippen LogP) is 2.16. The molecule has 1 N–H and O–H groups in total. The highest BCUT2D eigenvalue weighted by Gasteiger charge is 2.44. The van der Waals surface area contributed by atoms with Crippen LogP contribution >= 0.6 is 0 Å². The van der Waals surface area contributed by atoms with Crippen LogP contribution in [0.25, 0.3) is 0 Å². The van der Waals surface area contributed by atoms with Crippen molar-refractivity contribution in [2.45, 2.75) is 25.1 Å². The molecular formula is C17H19F3N2O4. The van der Waals surface area contributed by atoms with E-state index in [0.29, 0.717) is 5.56 Å². The third-order valence-electron chi connectivity index (χ3n) is 4.52. The molecule has 6 nitrogen and oxygen atoms in total. The van der Waals surface area contributed by atoms with Crippen LogP contribution in [0.15, 0.2) is 24.3 Å². The SMILES string of the molecule is CN(CCC(=O)O)C(=O)C1CC(=O)N(C)C1c1ccc(C(F)(F)F)cc1. The number of rotatable bonds is 5. The van der Waals surface area contributed by atoms with E-state index in [1.54, 1.807) is 0 Å². The van der Waals surface area contributed by atoms with Crippen molar-refractivity contribution in [3.8, 4) is 0 Å². The van der Waals surface area contributed by atoms with Crippen LogP contribution in [0, 0.1) is 5.92 Å². The van der Waals surface area contributed by atoms with Gasteiger partial charge < -0.3 is 14.9 Å². The molecule has 0 saturated carbocycles. The van der Waals surface area contributed by atoms with Crippen LogP contribution in [0.5, 0.6) is 0 Å². The topological polar surface area (TPSA) is 77.9 Å². The van der Waals surface area contributed by atoms with Crippen molar-refractivity contribution in [3.05, 3.63) is 35.4 Å². The molecule has 2 rings (SSSR count). The summed E-state index contributed by atoms with van der Waals surface area (Å²) in [5, 5.41) is 8.72. The maximum atomic E-state index is 12.7. The number of alkyl halides is 3. The molecule has 26 heavy (non-hydrogen) atoms. The number of likely N-dealkylation sites (tertiary alicyclic amines) is 1. The van der Waals surface area contributed by atoms with Crippen molar-refractivity contribution in [1.82, 2.24) is 9.80 Å². The first kappa shape index (κ1) is 19.7. The first-order chi connectivity index (χ1) is 12.0. The van der Waals surface area contributed by atoms with Gasteiger partial charge in [0.1, 0.15) is 0 Å². The molecule has 1 aromatic rings. The lowest BCUT2D eigenvalue weighted by Crippen LogP contribution is -2.37. The van der Waals surface area contributed by atoms with E-state index in [4.69, 9.17) is 5.11 Å². The van der Waals surface area contributed by atoms with Gasteiger partial charge in [0.2, 0.25) is 11.8 Å². The Balaban J connectivity index is 2.25. The summed E-state index contributed by atoms with van der Waals surface area (Å²) >= 11 is 0. The molecule has 1 aromatic carbocycles. The second kappa shape index (κ2) is 7.35. The Morgan fingerprint density at radius 3 is 2.35 bits per heavy atom. The van der Waals surface area contributed by atoms with Gasteiger partial charge in [-0.1, -0.05) is 12.1 Å². The van der Waals surface area contributed by atoms with E-state index in [1.807, 2.05) is 0 Å². The summed E-state index contributed by atoms with van der Waals surface area (Å²) in [5.74, 6) is -2.53. The first-order valence-corrected chi connectivity index (χ1v) is 7.92.